The molecule has 1 aromatic carbocycles. The standard InChI is InChI=1S/C11H12N4O2/c1-2-14-7-10(12)11(13-14)8-4-3-5-9(6-8)15(16)17/h3-7H,2,12H2,1H3. The first-order valence-corrected chi connectivity index (χ1v) is 5.19. The van der Waals surface area contributed by atoms with Gasteiger partial charge in [-0.2, -0.15) is 5.10 Å². The van der Waals surface area contributed by atoms with Crippen LogP contribution in [0, 0.1) is 10.1 Å². The highest BCUT2D eigenvalue weighted by Crippen LogP contribution is 2.26. The van der Waals surface area contributed by atoms with Gasteiger partial charge in [-0.05, 0) is 6.92 Å². The van der Waals surface area contributed by atoms with E-state index in [0.29, 0.717) is 23.5 Å². The Bertz CT molecular complexity index is 562. The molecule has 0 saturated carbocycles. The first-order chi connectivity index (χ1) is 8.11. The Morgan fingerprint density at radius 3 is 2.88 bits per heavy atom. The number of aryl methyl sites for hydroxylation is 1. The first-order valence-electron chi connectivity index (χ1n) is 5.19. The molecule has 1 aromatic heterocycles. The molecule has 0 aliphatic heterocycles. The SMILES string of the molecule is CCn1cc(N)c(-c2cccc([N+](=O)[O-])c2)n1. The van der Waals surface area contributed by atoms with Gasteiger partial charge in [-0.25, -0.2) is 0 Å². The number of nitro groups is 1. The Labute approximate surface area is 97.8 Å². The monoisotopic (exact) mass is 232 g/mol. The van der Waals surface area contributed by atoms with Crippen LogP contribution in [-0.2, 0) is 6.54 Å². The number of nitrogens with two attached hydrogens (primary N) is 1. The molecular formula is C11H12N4O2. The molecule has 6 nitrogen and oxygen atoms in total. The van der Waals surface area contributed by atoms with Gasteiger partial charge < -0.3 is 5.73 Å². The molecule has 2 N–H and O–H groups in total. The number of benzene rings is 1. The molecule has 0 spiro atoms. The minimum atomic E-state index is -0.434. The van der Waals surface area contributed by atoms with Crippen LogP contribution in [0.3, 0.4) is 0 Å². The number of rotatable bonds is 3. The van der Waals surface area contributed by atoms with E-state index in [0.717, 1.165) is 0 Å². The smallest absolute Gasteiger partial charge is 0.270 e. The summed E-state index contributed by atoms with van der Waals surface area (Å²) in [6.45, 7) is 2.66. The van der Waals surface area contributed by atoms with Crippen LogP contribution in [0.15, 0.2) is 30.5 Å². The van der Waals surface area contributed by atoms with Crippen molar-refractivity contribution in [2.24, 2.45) is 0 Å². The molecule has 0 bridgehead atoms. The Morgan fingerprint density at radius 2 is 2.29 bits per heavy atom. The lowest BCUT2D eigenvalue weighted by Gasteiger charge is -1.98. The van der Waals surface area contributed by atoms with E-state index < -0.39 is 4.92 Å². The van der Waals surface area contributed by atoms with E-state index in [1.165, 1.54) is 12.1 Å². The van der Waals surface area contributed by atoms with Crippen molar-refractivity contribution < 1.29 is 4.92 Å². The summed E-state index contributed by atoms with van der Waals surface area (Å²) in [4.78, 5) is 10.2. The van der Waals surface area contributed by atoms with E-state index in [1.807, 2.05) is 6.92 Å². The van der Waals surface area contributed by atoms with Crippen LogP contribution in [0.25, 0.3) is 11.3 Å². The summed E-state index contributed by atoms with van der Waals surface area (Å²) >= 11 is 0. The maximum absolute atomic E-state index is 10.7. The summed E-state index contributed by atoms with van der Waals surface area (Å²) in [5.41, 5.74) is 7.61. The van der Waals surface area contributed by atoms with Gasteiger partial charge in [-0.1, -0.05) is 12.1 Å². The number of nitrogen functional groups attached to an aromatic ring is 1. The van der Waals surface area contributed by atoms with Crippen LogP contribution in [-0.4, -0.2) is 14.7 Å². The topological polar surface area (TPSA) is 87.0 Å². The van der Waals surface area contributed by atoms with Crippen LogP contribution in [0.2, 0.25) is 0 Å². The molecule has 17 heavy (non-hydrogen) atoms. The normalized spacial score (nSPS) is 10.4. The molecule has 0 saturated heterocycles. The molecule has 6 heteroatoms. The zero-order valence-corrected chi connectivity index (χ0v) is 9.33. The Balaban J connectivity index is 2.48. The zero-order valence-electron chi connectivity index (χ0n) is 9.33. The summed E-state index contributed by atoms with van der Waals surface area (Å²) in [5.74, 6) is 0. The lowest BCUT2D eigenvalue weighted by molar-refractivity contribution is -0.384. The van der Waals surface area contributed by atoms with Gasteiger partial charge in [0.1, 0.15) is 5.69 Å². The molecular weight excluding hydrogens is 220 g/mol. The van der Waals surface area contributed by atoms with Crippen LogP contribution in [0.1, 0.15) is 6.92 Å². The van der Waals surface area contributed by atoms with Crippen molar-refractivity contribution >= 4 is 11.4 Å². The molecule has 0 amide bonds. The second-order valence-electron chi connectivity index (χ2n) is 3.60. The molecule has 2 aromatic rings. The third kappa shape index (κ3) is 2.10. The van der Waals surface area contributed by atoms with Crippen molar-refractivity contribution in [3.8, 4) is 11.3 Å². The predicted octanol–water partition coefficient (Wildman–Crippen LogP) is 2.06. The fourth-order valence-corrected chi connectivity index (χ4v) is 1.59. The molecule has 0 aliphatic rings. The van der Waals surface area contributed by atoms with Crippen LogP contribution in [0.4, 0.5) is 11.4 Å². The molecule has 0 aliphatic carbocycles. The number of non-ortho nitro benzene ring substituents is 1. The number of nitrogens with zero attached hydrogens (tertiary/aromatic N) is 3. The Kier molecular flexibility index (Phi) is 2.78. The lowest BCUT2D eigenvalue weighted by atomic mass is 10.1. The second kappa shape index (κ2) is 4.25. The van der Waals surface area contributed by atoms with E-state index >= 15 is 0 Å². The van der Waals surface area contributed by atoms with E-state index in [2.05, 4.69) is 5.10 Å². The highest BCUT2D eigenvalue weighted by Gasteiger charge is 2.12. The van der Waals surface area contributed by atoms with Crippen LogP contribution >= 0.6 is 0 Å². The molecule has 0 atom stereocenters. The highest BCUT2D eigenvalue weighted by molar-refractivity contribution is 5.73. The number of aromatic nitrogens is 2. The van der Waals surface area contributed by atoms with Crippen LogP contribution < -0.4 is 5.73 Å². The molecule has 1 heterocycles. The maximum Gasteiger partial charge on any atom is 0.270 e. The lowest BCUT2D eigenvalue weighted by Crippen LogP contribution is -1.94. The van der Waals surface area contributed by atoms with E-state index in [1.54, 1.807) is 23.0 Å². The van der Waals surface area contributed by atoms with E-state index in [4.69, 9.17) is 5.73 Å². The van der Waals surface area contributed by atoms with Crippen LogP contribution in [0.5, 0.6) is 0 Å². The van der Waals surface area contributed by atoms with Crippen molar-refractivity contribution in [3.63, 3.8) is 0 Å². The average Bonchev–Trinajstić information content (AvgIpc) is 2.71. The minimum Gasteiger partial charge on any atom is -0.396 e. The maximum atomic E-state index is 10.7. The molecule has 0 radical (unpaired) electrons. The second-order valence-corrected chi connectivity index (χ2v) is 3.60. The van der Waals surface area contributed by atoms with Gasteiger partial charge in [0.05, 0.1) is 10.6 Å². The summed E-state index contributed by atoms with van der Waals surface area (Å²) in [6.07, 6.45) is 1.72. The predicted molar refractivity (Wildman–Crippen MR) is 64.4 cm³/mol. The molecule has 88 valence electrons. The van der Waals surface area contributed by atoms with Gasteiger partial charge in [-0.15, -0.1) is 0 Å². The fraction of sp³-hybridized carbons (Fsp3) is 0.182. The fourth-order valence-electron chi connectivity index (χ4n) is 1.59. The molecule has 0 unspecified atom stereocenters. The summed E-state index contributed by atoms with van der Waals surface area (Å²) in [7, 11) is 0. The first kappa shape index (κ1) is 11.1. The summed E-state index contributed by atoms with van der Waals surface area (Å²) < 4.78 is 1.70. The molecule has 0 fully saturated rings. The largest absolute Gasteiger partial charge is 0.396 e. The third-order valence-corrected chi connectivity index (χ3v) is 2.44. The van der Waals surface area contributed by atoms with Crippen molar-refractivity contribution in [2.45, 2.75) is 13.5 Å². The quantitative estimate of drug-likeness (QED) is 0.648. The van der Waals surface area contributed by atoms with Crippen molar-refractivity contribution in [1.82, 2.24) is 9.78 Å². The number of hydrogen-bond acceptors (Lipinski definition) is 4. The Hall–Kier alpha value is -2.37. The van der Waals surface area contributed by atoms with Gasteiger partial charge >= 0.3 is 0 Å². The summed E-state index contributed by atoms with van der Waals surface area (Å²) in [5, 5.41) is 14.9. The van der Waals surface area contributed by atoms with Gasteiger partial charge in [0.2, 0.25) is 0 Å². The third-order valence-electron chi connectivity index (χ3n) is 2.44. The zero-order chi connectivity index (χ0) is 12.4. The Morgan fingerprint density at radius 1 is 1.53 bits per heavy atom. The average molecular weight is 232 g/mol. The van der Waals surface area contributed by atoms with Crippen molar-refractivity contribution in [3.05, 3.63) is 40.6 Å². The van der Waals surface area contributed by atoms with Gasteiger partial charge in [0.25, 0.3) is 5.69 Å². The highest BCUT2D eigenvalue weighted by atomic mass is 16.6. The van der Waals surface area contributed by atoms with Gasteiger partial charge in [-0.3, -0.25) is 14.8 Å². The number of anilines is 1. The minimum absolute atomic E-state index is 0.0351. The van der Waals surface area contributed by atoms with Gasteiger partial charge in [0, 0.05) is 30.4 Å². The van der Waals surface area contributed by atoms with Crippen molar-refractivity contribution in [1.29, 1.82) is 0 Å². The van der Waals surface area contributed by atoms with E-state index in [-0.39, 0.29) is 5.69 Å². The summed E-state index contributed by atoms with van der Waals surface area (Å²) in [6, 6.07) is 6.29. The number of nitro benzene ring substituents is 1. The number of hydrogen-bond donors (Lipinski definition) is 1. The van der Waals surface area contributed by atoms with Gasteiger partial charge in [0.15, 0.2) is 0 Å². The molecule has 2 rings (SSSR count). The van der Waals surface area contributed by atoms with E-state index in [9.17, 15) is 10.1 Å². The van der Waals surface area contributed by atoms with Crippen molar-refractivity contribution in [2.75, 3.05) is 5.73 Å².